The highest BCUT2D eigenvalue weighted by Gasteiger charge is 2.09. The van der Waals surface area contributed by atoms with Gasteiger partial charge in [-0.2, -0.15) is 0 Å². The first-order valence-electron chi connectivity index (χ1n) is 4.74. The fourth-order valence-corrected chi connectivity index (χ4v) is 1.05. The molecular formula is C11H13FN2O2. The number of hydrogen-bond acceptors (Lipinski definition) is 2. The predicted octanol–water partition coefficient (Wildman–Crippen LogP) is 0.644. The summed E-state index contributed by atoms with van der Waals surface area (Å²) in [5.74, 6) is -1.16. The molecule has 5 heteroatoms. The van der Waals surface area contributed by atoms with Crippen LogP contribution < -0.4 is 5.32 Å². The van der Waals surface area contributed by atoms with Crippen LogP contribution in [0.3, 0.4) is 0 Å². The quantitative estimate of drug-likeness (QED) is 0.819. The molecule has 0 bridgehead atoms. The minimum absolute atomic E-state index is 0.0949. The SMILES string of the molecule is CN(C)C(=O)CNC(=O)c1cccc(F)c1. The van der Waals surface area contributed by atoms with Crippen molar-refractivity contribution in [3.8, 4) is 0 Å². The molecule has 2 amide bonds. The molecule has 1 aromatic rings. The third-order valence-corrected chi connectivity index (χ3v) is 1.99. The number of carbonyl (C=O) groups excluding carboxylic acids is 2. The Bertz CT molecular complexity index is 405. The van der Waals surface area contributed by atoms with Gasteiger partial charge in [-0.3, -0.25) is 9.59 Å². The van der Waals surface area contributed by atoms with E-state index >= 15 is 0 Å². The number of hydrogen-bond donors (Lipinski definition) is 1. The van der Waals surface area contributed by atoms with Crippen molar-refractivity contribution in [2.45, 2.75) is 0 Å². The summed E-state index contributed by atoms with van der Waals surface area (Å²) >= 11 is 0. The molecule has 16 heavy (non-hydrogen) atoms. The first kappa shape index (κ1) is 12.2. The molecule has 0 fully saturated rings. The number of amides is 2. The molecular weight excluding hydrogens is 211 g/mol. The fourth-order valence-electron chi connectivity index (χ4n) is 1.05. The smallest absolute Gasteiger partial charge is 0.251 e. The van der Waals surface area contributed by atoms with E-state index in [1.54, 1.807) is 14.1 Å². The Kier molecular flexibility index (Phi) is 3.99. The number of likely N-dealkylation sites (N-methyl/N-ethyl adjacent to an activating group) is 1. The van der Waals surface area contributed by atoms with Gasteiger partial charge in [0.15, 0.2) is 0 Å². The summed E-state index contributed by atoms with van der Waals surface area (Å²) in [6.45, 7) is -0.0949. The van der Waals surface area contributed by atoms with Crippen molar-refractivity contribution in [1.82, 2.24) is 10.2 Å². The van der Waals surface area contributed by atoms with Crippen molar-refractivity contribution in [2.75, 3.05) is 20.6 Å². The van der Waals surface area contributed by atoms with E-state index in [2.05, 4.69) is 5.32 Å². The molecule has 0 heterocycles. The van der Waals surface area contributed by atoms with Crippen molar-refractivity contribution >= 4 is 11.8 Å². The Morgan fingerprint density at radius 2 is 2.06 bits per heavy atom. The van der Waals surface area contributed by atoms with Gasteiger partial charge in [-0.1, -0.05) is 6.07 Å². The lowest BCUT2D eigenvalue weighted by atomic mass is 10.2. The van der Waals surface area contributed by atoms with E-state index in [1.807, 2.05) is 0 Å². The maximum Gasteiger partial charge on any atom is 0.251 e. The third-order valence-electron chi connectivity index (χ3n) is 1.99. The van der Waals surface area contributed by atoms with E-state index in [9.17, 15) is 14.0 Å². The van der Waals surface area contributed by atoms with E-state index in [4.69, 9.17) is 0 Å². The number of carbonyl (C=O) groups is 2. The summed E-state index contributed by atoms with van der Waals surface area (Å²) in [4.78, 5) is 24.0. The zero-order valence-electron chi connectivity index (χ0n) is 9.16. The van der Waals surface area contributed by atoms with E-state index in [-0.39, 0.29) is 18.0 Å². The Labute approximate surface area is 93.1 Å². The average molecular weight is 224 g/mol. The maximum atomic E-state index is 12.8. The highest BCUT2D eigenvalue weighted by molar-refractivity contribution is 5.96. The van der Waals surface area contributed by atoms with Crippen molar-refractivity contribution in [2.24, 2.45) is 0 Å². The number of rotatable bonds is 3. The van der Waals surface area contributed by atoms with Gasteiger partial charge in [0.05, 0.1) is 6.54 Å². The van der Waals surface area contributed by atoms with Crippen LogP contribution in [0.5, 0.6) is 0 Å². The fraction of sp³-hybridized carbons (Fsp3) is 0.273. The summed E-state index contributed by atoms with van der Waals surface area (Å²) in [6, 6.07) is 5.30. The molecule has 0 aliphatic heterocycles. The van der Waals surface area contributed by atoms with E-state index in [0.717, 1.165) is 6.07 Å². The van der Waals surface area contributed by atoms with Crippen molar-refractivity contribution < 1.29 is 14.0 Å². The third kappa shape index (κ3) is 3.34. The molecule has 1 rings (SSSR count). The van der Waals surface area contributed by atoms with Crippen LogP contribution in [0.1, 0.15) is 10.4 Å². The maximum absolute atomic E-state index is 12.8. The average Bonchev–Trinajstić information content (AvgIpc) is 2.25. The standard InChI is InChI=1S/C11H13FN2O2/c1-14(2)10(15)7-13-11(16)8-4-3-5-9(12)6-8/h3-6H,7H2,1-2H3,(H,13,16). The normalized spacial score (nSPS) is 9.69. The molecule has 0 radical (unpaired) electrons. The molecule has 0 saturated carbocycles. The molecule has 1 aromatic carbocycles. The minimum atomic E-state index is -0.480. The second kappa shape index (κ2) is 5.25. The molecule has 0 spiro atoms. The van der Waals surface area contributed by atoms with E-state index in [0.29, 0.717) is 0 Å². The molecule has 0 unspecified atom stereocenters. The van der Waals surface area contributed by atoms with E-state index in [1.165, 1.54) is 23.1 Å². The summed E-state index contributed by atoms with van der Waals surface area (Å²) in [5, 5.41) is 2.41. The highest BCUT2D eigenvalue weighted by Crippen LogP contribution is 2.02. The number of nitrogens with zero attached hydrogens (tertiary/aromatic N) is 1. The van der Waals surface area contributed by atoms with Crippen molar-refractivity contribution in [3.63, 3.8) is 0 Å². The lowest BCUT2D eigenvalue weighted by Crippen LogP contribution is -2.36. The lowest BCUT2D eigenvalue weighted by molar-refractivity contribution is -0.127. The van der Waals surface area contributed by atoms with Gasteiger partial charge in [0.25, 0.3) is 5.91 Å². The molecule has 0 aliphatic rings. The number of nitrogens with one attached hydrogen (secondary N) is 1. The molecule has 86 valence electrons. The van der Waals surface area contributed by atoms with Crippen LogP contribution in [-0.4, -0.2) is 37.4 Å². The first-order valence-corrected chi connectivity index (χ1v) is 4.74. The summed E-state index contributed by atoms with van der Waals surface area (Å²) in [5.41, 5.74) is 0.201. The largest absolute Gasteiger partial charge is 0.347 e. The van der Waals surface area contributed by atoms with Crippen LogP contribution in [0.25, 0.3) is 0 Å². The van der Waals surface area contributed by atoms with Crippen LogP contribution in [0.2, 0.25) is 0 Å². The van der Waals surface area contributed by atoms with Gasteiger partial charge in [0.1, 0.15) is 5.82 Å². The van der Waals surface area contributed by atoms with Gasteiger partial charge in [0.2, 0.25) is 5.91 Å². The predicted molar refractivity (Wildman–Crippen MR) is 57.4 cm³/mol. The number of benzene rings is 1. The molecule has 0 aromatic heterocycles. The van der Waals surface area contributed by atoms with Crippen LogP contribution >= 0.6 is 0 Å². The monoisotopic (exact) mass is 224 g/mol. The topological polar surface area (TPSA) is 49.4 Å². The van der Waals surface area contributed by atoms with Crippen molar-refractivity contribution in [1.29, 1.82) is 0 Å². The van der Waals surface area contributed by atoms with Crippen molar-refractivity contribution in [3.05, 3.63) is 35.6 Å². The minimum Gasteiger partial charge on any atom is -0.347 e. The second-order valence-corrected chi connectivity index (χ2v) is 3.48. The van der Waals surface area contributed by atoms with E-state index < -0.39 is 11.7 Å². The van der Waals surface area contributed by atoms with Gasteiger partial charge >= 0.3 is 0 Å². The molecule has 0 atom stereocenters. The molecule has 1 N–H and O–H groups in total. The molecule has 0 saturated heterocycles. The van der Waals surface area contributed by atoms with Crippen LogP contribution in [0, 0.1) is 5.82 Å². The Balaban J connectivity index is 2.57. The Morgan fingerprint density at radius 1 is 1.38 bits per heavy atom. The lowest BCUT2D eigenvalue weighted by Gasteiger charge is -2.10. The Morgan fingerprint density at radius 3 is 2.62 bits per heavy atom. The zero-order chi connectivity index (χ0) is 12.1. The first-order chi connectivity index (χ1) is 7.50. The van der Waals surface area contributed by atoms with Crippen LogP contribution in [0.15, 0.2) is 24.3 Å². The van der Waals surface area contributed by atoms with Gasteiger partial charge in [-0.25, -0.2) is 4.39 Å². The summed E-state index contributed by atoms with van der Waals surface area (Å²) in [7, 11) is 3.19. The van der Waals surface area contributed by atoms with Gasteiger partial charge in [-0.05, 0) is 18.2 Å². The van der Waals surface area contributed by atoms with Crippen LogP contribution in [-0.2, 0) is 4.79 Å². The summed E-state index contributed by atoms with van der Waals surface area (Å²) in [6.07, 6.45) is 0. The van der Waals surface area contributed by atoms with Gasteiger partial charge in [0, 0.05) is 19.7 Å². The zero-order valence-corrected chi connectivity index (χ0v) is 9.16. The number of halogens is 1. The van der Waals surface area contributed by atoms with Crippen LogP contribution in [0.4, 0.5) is 4.39 Å². The van der Waals surface area contributed by atoms with Gasteiger partial charge < -0.3 is 10.2 Å². The Hall–Kier alpha value is -1.91. The highest BCUT2D eigenvalue weighted by atomic mass is 19.1. The summed E-state index contributed by atoms with van der Waals surface area (Å²) < 4.78 is 12.8. The molecule has 4 nitrogen and oxygen atoms in total. The second-order valence-electron chi connectivity index (χ2n) is 3.48. The van der Waals surface area contributed by atoms with Gasteiger partial charge in [-0.15, -0.1) is 0 Å². The molecule has 0 aliphatic carbocycles.